The van der Waals surface area contributed by atoms with Crippen LogP contribution in [-0.4, -0.2) is 23.8 Å². The van der Waals surface area contributed by atoms with Crippen LogP contribution in [0.15, 0.2) is 82.4 Å². The Bertz CT molecular complexity index is 1390. The number of phenolic OH excluding ortho intramolecular Hbond substituents is 1. The number of benzene rings is 4. The smallest absolute Gasteiger partial charge is 0.275 e. The normalized spacial score (nSPS) is 11.1. The van der Waals surface area contributed by atoms with Crippen molar-refractivity contribution < 1.29 is 23.8 Å². The molecule has 0 aliphatic rings. The van der Waals surface area contributed by atoms with Crippen molar-refractivity contribution in [1.29, 1.82) is 0 Å². The largest absolute Gasteiger partial charge is 0.507 e. The molecule has 4 rings (SSSR count). The third-order valence-corrected chi connectivity index (χ3v) is 5.71. The molecule has 35 heavy (non-hydrogen) atoms. The summed E-state index contributed by atoms with van der Waals surface area (Å²) in [6.45, 7) is 2.50. The van der Waals surface area contributed by atoms with Gasteiger partial charge in [-0.15, -0.1) is 0 Å². The number of phenols is 1. The molecule has 2 N–H and O–H groups in total. The van der Waals surface area contributed by atoms with Crippen molar-refractivity contribution in [3.05, 3.63) is 99.8 Å². The Hall–Kier alpha value is -3.91. The lowest BCUT2D eigenvalue weighted by molar-refractivity contribution is 0.0952. The number of fused-ring (bicyclic) bond motifs is 1. The first-order chi connectivity index (χ1) is 16.9. The van der Waals surface area contributed by atoms with E-state index in [1.54, 1.807) is 36.4 Å². The van der Waals surface area contributed by atoms with Gasteiger partial charge in [0.2, 0.25) is 0 Å². The number of aromatic hydroxyl groups is 1. The fourth-order valence-corrected chi connectivity index (χ4v) is 4.01. The molecule has 4 aromatic carbocycles. The zero-order valence-corrected chi connectivity index (χ0v) is 20.4. The third kappa shape index (κ3) is 5.96. The van der Waals surface area contributed by atoms with Crippen LogP contribution in [-0.2, 0) is 6.61 Å². The van der Waals surface area contributed by atoms with E-state index in [1.807, 2.05) is 31.2 Å². The van der Waals surface area contributed by atoms with Gasteiger partial charge in [-0.3, -0.25) is 4.79 Å². The summed E-state index contributed by atoms with van der Waals surface area (Å²) in [6.07, 6.45) is 1.47. The molecule has 0 radical (unpaired) electrons. The molecule has 0 spiro atoms. The molecule has 0 heterocycles. The zero-order chi connectivity index (χ0) is 24.8. The highest BCUT2D eigenvalue weighted by molar-refractivity contribution is 9.10. The van der Waals surface area contributed by atoms with Gasteiger partial charge in [-0.2, -0.15) is 5.10 Å². The summed E-state index contributed by atoms with van der Waals surface area (Å²) >= 11 is 3.50. The number of ether oxygens (including phenoxy) is 2. The summed E-state index contributed by atoms with van der Waals surface area (Å²) in [7, 11) is 0. The molecule has 0 saturated heterocycles. The number of nitrogens with zero attached hydrogens (tertiary/aromatic N) is 1. The first kappa shape index (κ1) is 24.2. The summed E-state index contributed by atoms with van der Waals surface area (Å²) in [5.41, 5.74) is 4.03. The van der Waals surface area contributed by atoms with Gasteiger partial charge in [-0.05, 0) is 81.2 Å². The van der Waals surface area contributed by atoms with Crippen LogP contribution >= 0.6 is 15.9 Å². The number of hydrogen-bond acceptors (Lipinski definition) is 5. The molecule has 0 saturated carbocycles. The Morgan fingerprint density at radius 1 is 1.06 bits per heavy atom. The summed E-state index contributed by atoms with van der Waals surface area (Å²) < 4.78 is 25.4. The number of halogens is 2. The maximum absolute atomic E-state index is 13.1. The van der Waals surface area contributed by atoms with Gasteiger partial charge in [-0.25, -0.2) is 9.82 Å². The van der Waals surface area contributed by atoms with Gasteiger partial charge in [0.15, 0.2) is 11.5 Å². The standard InChI is InChI=1S/C27H22BrFN2O4/c1-2-34-25-12-18(11-23(28)26(25)35-16-17-7-9-21(29)10-8-17)15-30-31-27(33)22-13-19-5-3-4-6-20(19)14-24(22)32/h3-15,32H,2,16H2,1H3,(H,31,33). The summed E-state index contributed by atoms with van der Waals surface area (Å²) in [4.78, 5) is 12.6. The first-order valence-electron chi connectivity index (χ1n) is 10.8. The fourth-order valence-electron chi connectivity index (χ4n) is 3.44. The quantitative estimate of drug-likeness (QED) is 0.208. The second-order valence-corrected chi connectivity index (χ2v) is 8.45. The van der Waals surface area contributed by atoms with E-state index in [0.29, 0.717) is 28.1 Å². The average Bonchev–Trinajstić information content (AvgIpc) is 2.84. The maximum Gasteiger partial charge on any atom is 0.275 e. The van der Waals surface area contributed by atoms with E-state index in [0.717, 1.165) is 16.3 Å². The van der Waals surface area contributed by atoms with Crippen molar-refractivity contribution in [3.63, 3.8) is 0 Å². The molecule has 0 bridgehead atoms. The molecule has 0 aliphatic carbocycles. The van der Waals surface area contributed by atoms with Crippen LogP contribution in [0.5, 0.6) is 17.2 Å². The highest BCUT2D eigenvalue weighted by Gasteiger charge is 2.14. The molecule has 0 fully saturated rings. The van der Waals surface area contributed by atoms with Crippen LogP contribution in [0.25, 0.3) is 10.8 Å². The van der Waals surface area contributed by atoms with E-state index < -0.39 is 5.91 Å². The number of amides is 1. The number of hydrazone groups is 1. The Kier molecular flexibility index (Phi) is 7.62. The SMILES string of the molecule is CCOc1cc(C=NNC(=O)c2cc3ccccc3cc2O)cc(Br)c1OCc1ccc(F)cc1. The minimum Gasteiger partial charge on any atom is -0.507 e. The number of rotatable bonds is 8. The van der Waals surface area contributed by atoms with Gasteiger partial charge in [0.1, 0.15) is 18.2 Å². The van der Waals surface area contributed by atoms with E-state index in [9.17, 15) is 14.3 Å². The first-order valence-corrected chi connectivity index (χ1v) is 11.6. The third-order valence-electron chi connectivity index (χ3n) is 5.12. The summed E-state index contributed by atoms with van der Waals surface area (Å²) in [5, 5.41) is 15.9. The van der Waals surface area contributed by atoms with E-state index in [1.165, 1.54) is 18.3 Å². The zero-order valence-electron chi connectivity index (χ0n) is 18.8. The molecule has 0 unspecified atom stereocenters. The molecule has 0 aliphatic heterocycles. The molecule has 0 aromatic heterocycles. The predicted octanol–water partition coefficient (Wildman–Crippen LogP) is 6.19. The molecular weight excluding hydrogens is 515 g/mol. The number of carbonyl (C=O) groups excluding carboxylic acids is 1. The number of carbonyl (C=O) groups is 1. The molecule has 0 atom stereocenters. The van der Waals surface area contributed by atoms with E-state index in [2.05, 4.69) is 26.5 Å². The Morgan fingerprint density at radius 2 is 1.77 bits per heavy atom. The maximum atomic E-state index is 13.1. The van der Waals surface area contributed by atoms with Crippen LogP contribution in [0.1, 0.15) is 28.4 Å². The lowest BCUT2D eigenvalue weighted by Crippen LogP contribution is -2.17. The Labute approximate surface area is 210 Å². The van der Waals surface area contributed by atoms with Crippen molar-refractivity contribution in [2.24, 2.45) is 5.10 Å². The topological polar surface area (TPSA) is 80.2 Å². The number of nitrogens with one attached hydrogen (secondary N) is 1. The van der Waals surface area contributed by atoms with E-state index in [-0.39, 0.29) is 23.7 Å². The average molecular weight is 537 g/mol. The highest BCUT2D eigenvalue weighted by Crippen LogP contribution is 2.37. The minimum atomic E-state index is -0.534. The second kappa shape index (κ2) is 11.0. The fraction of sp³-hybridized carbons (Fsp3) is 0.111. The van der Waals surface area contributed by atoms with Gasteiger partial charge >= 0.3 is 0 Å². The van der Waals surface area contributed by atoms with Crippen LogP contribution in [0.3, 0.4) is 0 Å². The monoisotopic (exact) mass is 536 g/mol. The lowest BCUT2D eigenvalue weighted by Gasteiger charge is -2.14. The van der Waals surface area contributed by atoms with Gasteiger partial charge in [0, 0.05) is 0 Å². The van der Waals surface area contributed by atoms with E-state index in [4.69, 9.17) is 9.47 Å². The Balaban J connectivity index is 1.48. The molecule has 1 amide bonds. The second-order valence-electron chi connectivity index (χ2n) is 7.59. The van der Waals surface area contributed by atoms with Crippen molar-refractivity contribution >= 4 is 38.8 Å². The lowest BCUT2D eigenvalue weighted by atomic mass is 10.1. The van der Waals surface area contributed by atoms with Crippen LogP contribution in [0, 0.1) is 5.82 Å². The van der Waals surface area contributed by atoms with Gasteiger partial charge in [0.05, 0.1) is 22.9 Å². The van der Waals surface area contributed by atoms with Crippen LogP contribution in [0.4, 0.5) is 4.39 Å². The Morgan fingerprint density at radius 3 is 2.49 bits per heavy atom. The summed E-state index contributed by atoms with van der Waals surface area (Å²) in [6, 6.07) is 20.2. The molecule has 178 valence electrons. The van der Waals surface area contributed by atoms with Crippen molar-refractivity contribution in [2.45, 2.75) is 13.5 Å². The predicted molar refractivity (Wildman–Crippen MR) is 137 cm³/mol. The van der Waals surface area contributed by atoms with Gasteiger partial charge in [0.25, 0.3) is 5.91 Å². The molecule has 4 aromatic rings. The minimum absolute atomic E-state index is 0.125. The molecular formula is C27H22BrFN2O4. The van der Waals surface area contributed by atoms with E-state index >= 15 is 0 Å². The van der Waals surface area contributed by atoms with Gasteiger partial charge < -0.3 is 14.6 Å². The highest BCUT2D eigenvalue weighted by atomic mass is 79.9. The molecule has 8 heteroatoms. The molecule has 6 nitrogen and oxygen atoms in total. The van der Waals surface area contributed by atoms with Crippen molar-refractivity contribution in [1.82, 2.24) is 5.43 Å². The number of hydrogen-bond donors (Lipinski definition) is 2. The van der Waals surface area contributed by atoms with Gasteiger partial charge in [-0.1, -0.05) is 36.4 Å². The van der Waals surface area contributed by atoms with Crippen molar-refractivity contribution in [3.8, 4) is 17.2 Å². The van der Waals surface area contributed by atoms with Crippen molar-refractivity contribution in [2.75, 3.05) is 6.61 Å². The van der Waals surface area contributed by atoms with Crippen LogP contribution < -0.4 is 14.9 Å². The van der Waals surface area contributed by atoms with Crippen LogP contribution in [0.2, 0.25) is 0 Å². The summed E-state index contributed by atoms with van der Waals surface area (Å²) in [5.74, 6) is 0.0205.